The van der Waals surface area contributed by atoms with E-state index in [1.54, 1.807) is 7.11 Å². The molecular weight excluding hydrogens is 262 g/mol. The van der Waals surface area contributed by atoms with Crippen LogP contribution >= 0.6 is 0 Å². The third-order valence-corrected chi connectivity index (χ3v) is 3.99. The molecule has 2 aromatic rings. The lowest BCUT2D eigenvalue weighted by Gasteiger charge is -2.26. The van der Waals surface area contributed by atoms with Crippen LogP contribution in [0.3, 0.4) is 0 Å². The van der Waals surface area contributed by atoms with Crippen molar-refractivity contribution in [2.75, 3.05) is 13.7 Å². The topological polar surface area (TPSA) is 38.3 Å². The summed E-state index contributed by atoms with van der Waals surface area (Å²) in [7, 11) is 1.64. The number of nitrogens with one attached hydrogen (secondary N) is 1. The van der Waals surface area contributed by atoms with Gasteiger partial charge in [0.15, 0.2) is 5.78 Å². The van der Waals surface area contributed by atoms with E-state index < -0.39 is 0 Å². The number of Topliss-reactive ketones (excluding diaryl/α,β-unsaturated/α-hetero) is 1. The van der Waals surface area contributed by atoms with E-state index in [2.05, 4.69) is 11.4 Å². The molecule has 0 saturated heterocycles. The van der Waals surface area contributed by atoms with Crippen LogP contribution in [-0.4, -0.2) is 19.4 Å². The molecule has 3 nitrogen and oxygen atoms in total. The van der Waals surface area contributed by atoms with Gasteiger partial charge < -0.3 is 10.1 Å². The molecule has 0 fully saturated rings. The van der Waals surface area contributed by atoms with Gasteiger partial charge in [0.1, 0.15) is 5.75 Å². The molecule has 108 valence electrons. The van der Waals surface area contributed by atoms with Crippen molar-refractivity contribution < 1.29 is 9.53 Å². The van der Waals surface area contributed by atoms with Gasteiger partial charge in [-0.25, -0.2) is 0 Å². The van der Waals surface area contributed by atoms with Gasteiger partial charge in [0.05, 0.1) is 13.2 Å². The summed E-state index contributed by atoms with van der Waals surface area (Å²) < 4.78 is 5.33. The number of carbonyl (C=O) groups excluding carboxylic acids is 1. The highest BCUT2D eigenvalue weighted by Crippen LogP contribution is 2.26. The fourth-order valence-corrected chi connectivity index (χ4v) is 2.93. The van der Waals surface area contributed by atoms with Gasteiger partial charge in [-0.2, -0.15) is 0 Å². The number of hydrogen-bond donors (Lipinski definition) is 1. The van der Waals surface area contributed by atoms with Crippen molar-refractivity contribution in [1.82, 2.24) is 5.32 Å². The molecule has 3 rings (SSSR count). The van der Waals surface area contributed by atoms with E-state index in [4.69, 9.17) is 4.74 Å². The van der Waals surface area contributed by atoms with Crippen molar-refractivity contribution in [2.24, 2.45) is 0 Å². The Morgan fingerprint density at radius 1 is 1.19 bits per heavy atom. The fourth-order valence-electron chi connectivity index (χ4n) is 2.93. The highest BCUT2D eigenvalue weighted by molar-refractivity contribution is 5.88. The predicted molar refractivity (Wildman–Crippen MR) is 82.6 cm³/mol. The number of hydrogen-bond acceptors (Lipinski definition) is 3. The SMILES string of the molecule is COc1ccccc1CC(=O)C1NCCc2ccccc21. The molecule has 0 amide bonds. The summed E-state index contributed by atoms with van der Waals surface area (Å²) in [6.45, 7) is 0.847. The second-order valence-electron chi connectivity index (χ2n) is 5.29. The molecule has 0 bridgehead atoms. The van der Waals surface area contributed by atoms with Crippen molar-refractivity contribution in [1.29, 1.82) is 0 Å². The number of para-hydroxylation sites is 1. The van der Waals surface area contributed by atoms with Crippen molar-refractivity contribution in [3.8, 4) is 5.75 Å². The van der Waals surface area contributed by atoms with Crippen LogP contribution in [0.5, 0.6) is 5.75 Å². The number of fused-ring (bicyclic) bond motifs is 1. The Morgan fingerprint density at radius 3 is 2.81 bits per heavy atom. The quantitative estimate of drug-likeness (QED) is 0.936. The Balaban J connectivity index is 1.84. The van der Waals surface area contributed by atoms with E-state index in [1.165, 1.54) is 5.56 Å². The summed E-state index contributed by atoms with van der Waals surface area (Å²) in [6, 6.07) is 15.7. The summed E-state index contributed by atoms with van der Waals surface area (Å²) in [6.07, 6.45) is 1.37. The summed E-state index contributed by atoms with van der Waals surface area (Å²) in [5, 5.41) is 3.34. The fraction of sp³-hybridized carbons (Fsp3) is 0.278. The van der Waals surface area contributed by atoms with Gasteiger partial charge in [-0.1, -0.05) is 42.5 Å². The summed E-state index contributed by atoms with van der Waals surface area (Å²) >= 11 is 0. The minimum absolute atomic E-state index is 0.187. The molecule has 0 aromatic heterocycles. The average molecular weight is 281 g/mol. The minimum atomic E-state index is -0.208. The zero-order valence-corrected chi connectivity index (χ0v) is 12.1. The maximum absolute atomic E-state index is 12.7. The van der Waals surface area contributed by atoms with Crippen LogP contribution in [0.15, 0.2) is 48.5 Å². The lowest BCUT2D eigenvalue weighted by molar-refractivity contribution is -0.120. The second kappa shape index (κ2) is 6.10. The maximum Gasteiger partial charge on any atom is 0.158 e. The van der Waals surface area contributed by atoms with Crippen LogP contribution in [0.1, 0.15) is 22.7 Å². The number of benzene rings is 2. The third-order valence-electron chi connectivity index (χ3n) is 3.99. The van der Waals surface area contributed by atoms with Gasteiger partial charge in [0.2, 0.25) is 0 Å². The van der Waals surface area contributed by atoms with E-state index >= 15 is 0 Å². The monoisotopic (exact) mass is 281 g/mol. The molecule has 1 N–H and O–H groups in total. The van der Waals surface area contributed by atoms with Crippen LogP contribution in [0.2, 0.25) is 0 Å². The first-order valence-electron chi connectivity index (χ1n) is 7.25. The van der Waals surface area contributed by atoms with Gasteiger partial charge >= 0.3 is 0 Å². The highest BCUT2D eigenvalue weighted by Gasteiger charge is 2.26. The summed E-state index contributed by atoms with van der Waals surface area (Å²) in [5.41, 5.74) is 3.33. The lowest BCUT2D eigenvalue weighted by atomic mass is 9.90. The van der Waals surface area contributed by atoms with E-state index in [9.17, 15) is 4.79 Å². The van der Waals surface area contributed by atoms with E-state index in [1.807, 2.05) is 42.5 Å². The van der Waals surface area contributed by atoms with Crippen LogP contribution < -0.4 is 10.1 Å². The normalized spacial score (nSPS) is 17.1. The lowest BCUT2D eigenvalue weighted by Crippen LogP contribution is -2.35. The number of methoxy groups -OCH3 is 1. The molecule has 3 heteroatoms. The number of carbonyl (C=O) groups is 1. The van der Waals surface area contributed by atoms with Crippen LogP contribution in [-0.2, 0) is 17.6 Å². The highest BCUT2D eigenvalue weighted by atomic mass is 16.5. The Hall–Kier alpha value is -2.13. The average Bonchev–Trinajstić information content (AvgIpc) is 2.54. The van der Waals surface area contributed by atoms with Crippen molar-refractivity contribution in [3.63, 3.8) is 0 Å². The third kappa shape index (κ3) is 2.83. The van der Waals surface area contributed by atoms with Gasteiger partial charge in [0, 0.05) is 18.5 Å². The standard InChI is InChI=1S/C18H19NO2/c1-21-17-9-5-3-7-14(17)12-16(20)18-15-8-4-2-6-13(15)10-11-19-18/h2-9,18-19H,10-12H2,1H3. The van der Waals surface area contributed by atoms with E-state index in [0.717, 1.165) is 29.8 Å². The predicted octanol–water partition coefficient (Wildman–Crippen LogP) is 2.69. The molecule has 1 aliphatic heterocycles. The van der Waals surface area contributed by atoms with Crippen LogP contribution in [0.25, 0.3) is 0 Å². The van der Waals surface area contributed by atoms with Gasteiger partial charge in [-0.15, -0.1) is 0 Å². The number of ketones is 1. The molecule has 0 saturated carbocycles. The largest absolute Gasteiger partial charge is 0.496 e. The van der Waals surface area contributed by atoms with Crippen molar-refractivity contribution in [3.05, 3.63) is 65.2 Å². The van der Waals surface area contributed by atoms with Crippen LogP contribution in [0, 0.1) is 0 Å². The number of rotatable bonds is 4. The molecule has 21 heavy (non-hydrogen) atoms. The zero-order valence-electron chi connectivity index (χ0n) is 12.1. The van der Waals surface area contributed by atoms with E-state index in [0.29, 0.717) is 6.42 Å². The van der Waals surface area contributed by atoms with Gasteiger partial charge in [-0.05, 0) is 23.6 Å². The Morgan fingerprint density at radius 2 is 1.95 bits per heavy atom. The van der Waals surface area contributed by atoms with Crippen molar-refractivity contribution >= 4 is 5.78 Å². The molecule has 0 spiro atoms. The smallest absolute Gasteiger partial charge is 0.158 e. The molecule has 2 aromatic carbocycles. The molecule has 0 aliphatic carbocycles. The molecule has 1 atom stereocenters. The zero-order chi connectivity index (χ0) is 14.7. The minimum Gasteiger partial charge on any atom is -0.496 e. The first kappa shape index (κ1) is 13.8. The van der Waals surface area contributed by atoms with Gasteiger partial charge in [-0.3, -0.25) is 4.79 Å². The molecule has 0 radical (unpaired) electrons. The second-order valence-corrected chi connectivity index (χ2v) is 5.29. The maximum atomic E-state index is 12.7. The Bertz CT molecular complexity index is 651. The molecule has 1 aliphatic rings. The summed E-state index contributed by atoms with van der Waals surface area (Å²) in [5.74, 6) is 0.960. The van der Waals surface area contributed by atoms with Gasteiger partial charge in [0.25, 0.3) is 0 Å². The van der Waals surface area contributed by atoms with Crippen LogP contribution in [0.4, 0.5) is 0 Å². The first-order chi connectivity index (χ1) is 10.3. The Labute approximate surface area is 124 Å². The van der Waals surface area contributed by atoms with E-state index in [-0.39, 0.29) is 11.8 Å². The molecule has 1 unspecified atom stereocenters. The summed E-state index contributed by atoms with van der Waals surface area (Å²) in [4.78, 5) is 12.7. The number of ether oxygens (including phenoxy) is 1. The molecule has 1 heterocycles. The van der Waals surface area contributed by atoms with Crippen molar-refractivity contribution in [2.45, 2.75) is 18.9 Å². The Kier molecular flexibility index (Phi) is 4.02. The first-order valence-corrected chi connectivity index (χ1v) is 7.25. The molecular formula is C18H19NO2.